The molecule has 4 rings (SSSR count). The van der Waals surface area contributed by atoms with E-state index in [4.69, 9.17) is 18.9 Å². The van der Waals surface area contributed by atoms with E-state index in [-0.39, 0.29) is 17.1 Å². The monoisotopic (exact) mass is 494 g/mol. The summed E-state index contributed by atoms with van der Waals surface area (Å²) in [7, 11) is 3.00. The number of hydrogen-bond acceptors (Lipinski definition) is 6. The van der Waals surface area contributed by atoms with Crippen molar-refractivity contribution in [2.75, 3.05) is 14.2 Å². The predicted octanol–water partition coefficient (Wildman–Crippen LogP) is 5.61. The first-order valence-electron chi connectivity index (χ1n) is 9.68. The van der Waals surface area contributed by atoms with Crippen LogP contribution in [0, 0.1) is 6.92 Å². The van der Waals surface area contributed by atoms with Gasteiger partial charge < -0.3 is 18.9 Å². The summed E-state index contributed by atoms with van der Waals surface area (Å²) < 4.78 is 22.8. The molecule has 0 fully saturated rings. The molecule has 162 valence electrons. The highest BCUT2D eigenvalue weighted by Crippen LogP contribution is 2.39. The molecular formula is C25H19BrO6. The zero-order valence-corrected chi connectivity index (χ0v) is 19.2. The van der Waals surface area contributed by atoms with Crippen molar-refractivity contribution in [3.05, 3.63) is 87.1 Å². The van der Waals surface area contributed by atoms with Crippen LogP contribution in [0.4, 0.5) is 0 Å². The molecule has 0 saturated carbocycles. The SMILES string of the molecule is COc1cc(OC)cc(C(=O)Oc2ccc3c(c2C)O/C(=C\c2ccc(Br)cc2)C3=O)c1. The van der Waals surface area contributed by atoms with Crippen molar-refractivity contribution in [3.63, 3.8) is 0 Å². The van der Waals surface area contributed by atoms with Gasteiger partial charge in [0.1, 0.15) is 23.0 Å². The molecule has 1 aliphatic heterocycles. The summed E-state index contributed by atoms with van der Waals surface area (Å²) in [4.78, 5) is 25.5. The number of Topliss-reactive ketones (excluding diaryl/α,β-unsaturated/α-hetero) is 1. The molecule has 0 amide bonds. The highest BCUT2D eigenvalue weighted by atomic mass is 79.9. The van der Waals surface area contributed by atoms with E-state index < -0.39 is 5.97 Å². The Morgan fingerprint density at radius 2 is 1.62 bits per heavy atom. The smallest absolute Gasteiger partial charge is 0.343 e. The molecule has 0 unspecified atom stereocenters. The Bertz CT molecular complexity index is 1220. The minimum atomic E-state index is -0.583. The lowest BCUT2D eigenvalue weighted by Gasteiger charge is -2.11. The zero-order chi connectivity index (χ0) is 22.8. The van der Waals surface area contributed by atoms with Gasteiger partial charge in [0.2, 0.25) is 5.78 Å². The minimum absolute atomic E-state index is 0.214. The van der Waals surface area contributed by atoms with E-state index >= 15 is 0 Å². The van der Waals surface area contributed by atoms with E-state index in [1.807, 2.05) is 24.3 Å². The van der Waals surface area contributed by atoms with Crippen LogP contribution in [0.25, 0.3) is 6.08 Å². The molecule has 0 atom stereocenters. The number of hydrogen-bond donors (Lipinski definition) is 0. The summed E-state index contributed by atoms with van der Waals surface area (Å²) in [6.45, 7) is 1.74. The number of carbonyl (C=O) groups is 2. The molecule has 1 aliphatic rings. The second-order valence-electron chi connectivity index (χ2n) is 7.05. The third-order valence-electron chi connectivity index (χ3n) is 4.99. The van der Waals surface area contributed by atoms with Crippen LogP contribution in [0.2, 0.25) is 0 Å². The first kappa shape index (κ1) is 21.6. The van der Waals surface area contributed by atoms with Crippen LogP contribution in [0.5, 0.6) is 23.0 Å². The Balaban J connectivity index is 1.60. The molecule has 0 saturated heterocycles. The summed E-state index contributed by atoms with van der Waals surface area (Å²) >= 11 is 3.39. The summed E-state index contributed by atoms with van der Waals surface area (Å²) in [5.41, 5.74) is 2.08. The van der Waals surface area contributed by atoms with E-state index in [1.54, 1.807) is 43.3 Å². The Morgan fingerprint density at radius 1 is 0.969 bits per heavy atom. The van der Waals surface area contributed by atoms with E-state index in [2.05, 4.69) is 15.9 Å². The molecule has 1 heterocycles. The van der Waals surface area contributed by atoms with E-state index in [0.29, 0.717) is 34.1 Å². The molecule has 7 heteroatoms. The van der Waals surface area contributed by atoms with Crippen LogP contribution in [-0.2, 0) is 0 Å². The van der Waals surface area contributed by atoms with E-state index in [1.165, 1.54) is 14.2 Å². The standard InChI is InChI=1S/C25H19BrO6/c1-14-21(32-25(28)16-11-18(29-2)13-19(12-16)30-3)9-8-20-23(27)22(31-24(14)20)10-15-4-6-17(26)7-5-15/h4-13H,1-3H3/b22-10-. The molecule has 0 bridgehead atoms. The maximum atomic E-state index is 12.8. The van der Waals surface area contributed by atoms with Gasteiger partial charge in [0.25, 0.3) is 0 Å². The van der Waals surface area contributed by atoms with Crippen LogP contribution in [0.1, 0.15) is 31.8 Å². The number of ether oxygens (including phenoxy) is 4. The van der Waals surface area contributed by atoms with Crippen LogP contribution in [0.15, 0.2) is 64.8 Å². The third kappa shape index (κ3) is 4.24. The van der Waals surface area contributed by atoms with Crippen molar-refractivity contribution in [2.24, 2.45) is 0 Å². The molecule has 3 aromatic rings. The highest BCUT2D eigenvalue weighted by Gasteiger charge is 2.30. The van der Waals surface area contributed by atoms with Crippen molar-refractivity contribution >= 4 is 33.8 Å². The largest absolute Gasteiger partial charge is 0.497 e. The van der Waals surface area contributed by atoms with Gasteiger partial charge in [0, 0.05) is 16.1 Å². The van der Waals surface area contributed by atoms with Gasteiger partial charge in [-0.25, -0.2) is 4.79 Å². The number of allylic oxidation sites excluding steroid dienone is 1. The fraction of sp³-hybridized carbons (Fsp3) is 0.120. The van der Waals surface area contributed by atoms with E-state index in [0.717, 1.165) is 10.0 Å². The van der Waals surface area contributed by atoms with Gasteiger partial charge >= 0.3 is 5.97 Å². The first-order chi connectivity index (χ1) is 15.4. The molecule has 3 aromatic carbocycles. The van der Waals surface area contributed by atoms with E-state index in [9.17, 15) is 9.59 Å². The first-order valence-corrected chi connectivity index (χ1v) is 10.5. The number of rotatable bonds is 5. The van der Waals surface area contributed by atoms with Crippen LogP contribution in [-0.4, -0.2) is 26.0 Å². The summed E-state index contributed by atoms with van der Waals surface area (Å²) in [5.74, 6) is 1.03. The van der Waals surface area contributed by atoms with Gasteiger partial charge in [-0.2, -0.15) is 0 Å². The number of halogens is 1. The second kappa shape index (κ2) is 8.88. The summed E-state index contributed by atoms with van der Waals surface area (Å²) in [5, 5.41) is 0. The van der Waals surface area contributed by atoms with Crippen molar-refractivity contribution in [2.45, 2.75) is 6.92 Å². The number of benzene rings is 3. The maximum absolute atomic E-state index is 12.8. The fourth-order valence-electron chi connectivity index (χ4n) is 3.27. The Kier molecular flexibility index (Phi) is 6.01. The average Bonchev–Trinajstić information content (AvgIpc) is 3.12. The number of methoxy groups -OCH3 is 2. The molecule has 0 radical (unpaired) electrons. The number of fused-ring (bicyclic) bond motifs is 1. The van der Waals surface area contributed by atoms with Gasteiger partial charge in [0.05, 0.1) is 25.3 Å². The minimum Gasteiger partial charge on any atom is -0.497 e. The normalized spacial score (nSPS) is 13.5. The molecule has 0 N–H and O–H groups in total. The summed E-state index contributed by atoms with van der Waals surface area (Å²) in [6, 6.07) is 15.5. The number of carbonyl (C=O) groups excluding carboxylic acids is 2. The topological polar surface area (TPSA) is 71.1 Å². The molecule has 0 aliphatic carbocycles. The molecule has 6 nitrogen and oxygen atoms in total. The van der Waals surface area contributed by atoms with Gasteiger partial charge in [-0.3, -0.25) is 4.79 Å². The lowest BCUT2D eigenvalue weighted by Crippen LogP contribution is -2.10. The molecule has 0 spiro atoms. The van der Waals surface area contributed by atoms with Crippen molar-refractivity contribution in [1.29, 1.82) is 0 Å². The van der Waals surface area contributed by atoms with Gasteiger partial charge in [-0.15, -0.1) is 0 Å². The third-order valence-corrected chi connectivity index (χ3v) is 5.52. The number of ketones is 1. The van der Waals surface area contributed by atoms with Crippen molar-refractivity contribution < 1.29 is 28.5 Å². The summed E-state index contributed by atoms with van der Waals surface area (Å²) in [6.07, 6.45) is 1.68. The Hall–Kier alpha value is -3.58. The fourth-order valence-corrected chi connectivity index (χ4v) is 3.54. The molecule has 32 heavy (non-hydrogen) atoms. The van der Waals surface area contributed by atoms with Crippen molar-refractivity contribution in [1.82, 2.24) is 0 Å². The van der Waals surface area contributed by atoms with Crippen LogP contribution in [0.3, 0.4) is 0 Å². The highest BCUT2D eigenvalue weighted by molar-refractivity contribution is 9.10. The van der Waals surface area contributed by atoms with Gasteiger partial charge in [0.15, 0.2) is 5.76 Å². The second-order valence-corrected chi connectivity index (χ2v) is 7.96. The predicted molar refractivity (Wildman–Crippen MR) is 123 cm³/mol. The Labute approximate surface area is 193 Å². The zero-order valence-electron chi connectivity index (χ0n) is 17.6. The van der Waals surface area contributed by atoms with Crippen LogP contribution >= 0.6 is 15.9 Å². The quantitative estimate of drug-likeness (QED) is 0.260. The molecular weight excluding hydrogens is 476 g/mol. The maximum Gasteiger partial charge on any atom is 0.343 e. The molecule has 0 aromatic heterocycles. The number of esters is 1. The van der Waals surface area contributed by atoms with Crippen LogP contribution < -0.4 is 18.9 Å². The average molecular weight is 495 g/mol. The lowest BCUT2D eigenvalue weighted by molar-refractivity contribution is 0.0732. The van der Waals surface area contributed by atoms with Gasteiger partial charge in [-0.05, 0) is 55.0 Å². The van der Waals surface area contributed by atoms with Gasteiger partial charge in [-0.1, -0.05) is 28.1 Å². The van der Waals surface area contributed by atoms with Crippen molar-refractivity contribution in [3.8, 4) is 23.0 Å². The lowest BCUT2D eigenvalue weighted by atomic mass is 10.1. The Morgan fingerprint density at radius 3 is 2.25 bits per heavy atom.